The van der Waals surface area contributed by atoms with E-state index in [1.54, 1.807) is 18.4 Å². The van der Waals surface area contributed by atoms with Crippen LogP contribution in [0, 0.1) is 6.92 Å². The van der Waals surface area contributed by atoms with Gasteiger partial charge in [0.15, 0.2) is 0 Å². The zero-order valence-electron chi connectivity index (χ0n) is 7.55. The molecule has 2 nitrogen and oxygen atoms in total. The second kappa shape index (κ2) is 6.31. The van der Waals surface area contributed by atoms with Crippen molar-refractivity contribution in [1.82, 2.24) is 4.98 Å². The molecule has 0 N–H and O–H groups in total. The zero-order chi connectivity index (χ0) is 8.69. The highest BCUT2D eigenvalue weighted by Crippen LogP contribution is 2.08. The van der Waals surface area contributed by atoms with Gasteiger partial charge in [-0.05, 0) is 6.92 Å². The van der Waals surface area contributed by atoms with Gasteiger partial charge in [-0.2, -0.15) is 0 Å². The van der Waals surface area contributed by atoms with Crippen LogP contribution in [-0.2, 0) is 11.3 Å². The van der Waals surface area contributed by atoms with E-state index in [1.165, 1.54) is 0 Å². The van der Waals surface area contributed by atoms with Gasteiger partial charge >= 0.3 is 0 Å². The van der Waals surface area contributed by atoms with Crippen LogP contribution in [0.4, 0.5) is 0 Å². The molecule has 0 unspecified atom stereocenters. The SMILES string of the molecule is CC.COCc1nc(C)cs1. The molecule has 0 fully saturated rings. The van der Waals surface area contributed by atoms with Crippen molar-refractivity contribution < 1.29 is 4.74 Å². The van der Waals surface area contributed by atoms with E-state index in [-0.39, 0.29) is 0 Å². The van der Waals surface area contributed by atoms with Crippen molar-refractivity contribution in [3.8, 4) is 0 Å². The van der Waals surface area contributed by atoms with Crippen LogP contribution < -0.4 is 0 Å². The van der Waals surface area contributed by atoms with Gasteiger partial charge < -0.3 is 4.74 Å². The third-order valence-corrected chi connectivity index (χ3v) is 1.87. The maximum atomic E-state index is 4.89. The van der Waals surface area contributed by atoms with Crippen molar-refractivity contribution in [1.29, 1.82) is 0 Å². The lowest BCUT2D eigenvalue weighted by atomic mass is 10.6. The van der Waals surface area contributed by atoms with E-state index < -0.39 is 0 Å². The fourth-order valence-corrected chi connectivity index (χ4v) is 1.33. The van der Waals surface area contributed by atoms with Crippen molar-refractivity contribution in [2.75, 3.05) is 7.11 Å². The fraction of sp³-hybridized carbons (Fsp3) is 0.625. The minimum Gasteiger partial charge on any atom is -0.378 e. The Morgan fingerprint density at radius 2 is 2.18 bits per heavy atom. The second-order valence-corrected chi connectivity index (χ2v) is 2.76. The summed E-state index contributed by atoms with van der Waals surface area (Å²) in [5, 5.41) is 3.07. The Balaban J connectivity index is 0.000000461. The molecule has 0 spiro atoms. The van der Waals surface area contributed by atoms with Gasteiger partial charge in [-0.15, -0.1) is 11.3 Å². The molecule has 0 atom stereocenters. The molecule has 0 radical (unpaired) electrons. The molecule has 0 saturated carbocycles. The number of methoxy groups -OCH3 is 1. The van der Waals surface area contributed by atoms with Crippen molar-refractivity contribution in [2.24, 2.45) is 0 Å². The highest BCUT2D eigenvalue weighted by molar-refractivity contribution is 7.09. The molecule has 0 bridgehead atoms. The monoisotopic (exact) mass is 173 g/mol. The Bertz CT molecular complexity index is 186. The third-order valence-electron chi connectivity index (χ3n) is 0.934. The molecule has 11 heavy (non-hydrogen) atoms. The average Bonchev–Trinajstić information content (AvgIpc) is 2.41. The topological polar surface area (TPSA) is 22.1 Å². The molecule has 1 rings (SSSR count). The number of nitrogens with zero attached hydrogens (tertiary/aromatic N) is 1. The van der Waals surface area contributed by atoms with Crippen LogP contribution in [0.1, 0.15) is 24.5 Å². The highest BCUT2D eigenvalue weighted by Gasteiger charge is 1.94. The summed E-state index contributed by atoms with van der Waals surface area (Å²) < 4.78 is 4.89. The Labute approximate surface area is 72.2 Å². The van der Waals surface area contributed by atoms with E-state index >= 15 is 0 Å². The predicted octanol–water partition coefficient (Wildman–Crippen LogP) is 2.62. The maximum absolute atomic E-state index is 4.89. The van der Waals surface area contributed by atoms with Gasteiger partial charge in [-0.1, -0.05) is 13.8 Å². The molecule has 0 aliphatic rings. The summed E-state index contributed by atoms with van der Waals surface area (Å²) in [5.74, 6) is 0. The summed E-state index contributed by atoms with van der Waals surface area (Å²) in [4.78, 5) is 4.19. The number of hydrogen-bond donors (Lipinski definition) is 0. The van der Waals surface area contributed by atoms with Crippen molar-refractivity contribution in [3.05, 3.63) is 16.1 Å². The molecule has 0 saturated heterocycles. The summed E-state index contributed by atoms with van der Waals surface area (Å²) in [6.07, 6.45) is 0. The van der Waals surface area contributed by atoms with E-state index in [9.17, 15) is 0 Å². The van der Waals surface area contributed by atoms with E-state index in [4.69, 9.17) is 4.74 Å². The first-order valence-corrected chi connectivity index (χ1v) is 4.61. The van der Waals surface area contributed by atoms with Crippen LogP contribution >= 0.6 is 11.3 Å². The molecule has 0 amide bonds. The first kappa shape index (κ1) is 10.6. The number of hydrogen-bond acceptors (Lipinski definition) is 3. The van der Waals surface area contributed by atoms with Gasteiger partial charge in [0.1, 0.15) is 5.01 Å². The standard InChI is InChI=1S/C6H9NOS.C2H6/c1-5-4-9-6(7-5)3-8-2;1-2/h4H,3H2,1-2H3;1-2H3. The van der Waals surface area contributed by atoms with Crippen LogP contribution in [0.2, 0.25) is 0 Å². The fourth-order valence-electron chi connectivity index (χ4n) is 0.592. The molecule has 3 heteroatoms. The third kappa shape index (κ3) is 4.11. The molecule has 0 aromatic carbocycles. The Kier molecular flexibility index (Phi) is 6.07. The second-order valence-electron chi connectivity index (χ2n) is 1.82. The largest absolute Gasteiger partial charge is 0.378 e. The van der Waals surface area contributed by atoms with Crippen molar-refractivity contribution in [2.45, 2.75) is 27.4 Å². The van der Waals surface area contributed by atoms with Crippen LogP contribution in [0.3, 0.4) is 0 Å². The van der Waals surface area contributed by atoms with Gasteiger partial charge in [-0.3, -0.25) is 0 Å². The van der Waals surface area contributed by atoms with Crippen LogP contribution in [0.25, 0.3) is 0 Å². The molecule has 1 heterocycles. The number of aromatic nitrogens is 1. The maximum Gasteiger partial charge on any atom is 0.119 e. The first-order valence-electron chi connectivity index (χ1n) is 3.73. The van der Waals surface area contributed by atoms with Crippen molar-refractivity contribution in [3.63, 3.8) is 0 Å². The molecular formula is C8H15NOS. The number of thiazole rings is 1. The van der Waals surface area contributed by atoms with Gasteiger partial charge in [0, 0.05) is 18.2 Å². The lowest BCUT2D eigenvalue weighted by Gasteiger charge is -1.88. The van der Waals surface area contributed by atoms with E-state index in [0.29, 0.717) is 6.61 Å². The normalized spacial score (nSPS) is 8.73. The van der Waals surface area contributed by atoms with Crippen molar-refractivity contribution >= 4 is 11.3 Å². The van der Waals surface area contributed by atoms with Gasteiger partial charge in [-0.25, -0.2) is 4.98 Å². The lowest BCUT2D eigenvalue weighted by molar-refractivity contribution is 0.184. The molecular weight excluding hydrogens is 158 g/mol. The molecule has 1 aromatic heterocycles. The van der Waals surface area contributed by atoms with E-state index in [0.717, 1.165) is 10.7 Å². The molecule has 64 valence electrons. The number of ether oxygens (including phenoxy) is 1. The van der Waals surface area contributed by atoms with E-state index in [1.807, 2.05) is 26.2 Å². The van der Waals surface area contributed by atoms with Crippen LogP contribution in [0.15, 0.2) is 5.38 Å². The van der Waals surface area contributed by atoms with E-state index in [2.05, 4.69) is 4.98 Å². The summed E-state index contributed by atoms with van der Waals surface area (Å²) in [6, 6.07) is 0. The Morgan fingerprint density at radius 1 is 1.55 bits per heavy atom. The zero-order valence-corrected chi connectivity index (χ0v) is 8.36. The molecule has 0 aliphatic heterocycles. The van der Waals surface area contributed by atoms with Gasteiger partial charge in [0.05, 0.1) is 6.61 Å². The Hall–Kier alpha value is -0.410. The Morgan fingerprint density at radius 3 is 2.55 bits per heavy atom. The summed E-state index contributed by atoms with van der Waals surface area (Å²) in [5.41, 5.74) is 1.08. The smallest absolute Gasteiger partial charge is 0.119 e. The minimum atomic E-state index is 0.637. The highest BCUT2D eigenvalue weighted by atomic mass is 32.1. The predicted molar refractivity (Wildman–Crippen MR) is 48.9 cm³/mol. The number of aryl methyl sites for hydroxylation is 1. The summed E-state index contributed by atoms with van der Waals surface area (Å²) in [6.45, 7) is 6.62. The van der Waals surface area contributed by atoms with Gasteiger partial charge in [0.2, 0.25) is 0 Å². The first-order chi connectivity index (χ1) is 5.33. The molecule has 0 aliphatic carbocycles. The summed E-state index contributed by atoms with van der Waals surface area (Å²) in [7, 11) is 1.68. The number of rotatable bonds is 2. The average molecular weight is 173 g/mol. The van der Waals surface area contributed by atoms with Crippen LogP contribution in [0.5, 0.6) is 0 Å². The van der Waals surface area contributed by atoms with Gasteiger partial charge in [0.25, 0.3) is 0 Å². The quantitative estimate of drug-likeness (QED) is 0.686. The summed E-state index contributed by atoms with van der Waals surface area (Å²) >= 11 is 1.64. The molecule has 1 aromatic rings. The van der Waals surface area contributed by atoms with Crippen LogP contribution in [-0.4, -0.2) is 12.1 Å². The minimum absolute atomic E-state index is 0.637. The lowest BCUT2D eigenvalue weighted by Crippen LogP contribution is -1.84.